The van der Waals surface area contributed by atoms with E-state index >= 15 is 0 Å². The van der Waals surface area contributed by atoms with Crippen LogP contribution in [-0.2, 0) is 4.74 Å². The third-order valence-corrected chi connectivity index (χ3v) is 5.09. The maximum Gasteiger partial charge on any atom is 0.170 e. The maximum atomic E-state index is 14.6. The summed E-state index contributed by atoms with van der Waals surface area (Å²) in [5.41, 5.74) is 0.922. The number of carbonyl (C=O) groups excluding carboxylic acids is 1. The summed E-state index contributed by atoms with van der Waals surface area (Å²) in [7, 11) is 1.47. The Morgan fingerprint density at radius 1 is 1.50 bits per heavy atom. The van der Waals surface area contributed by atoms with Crippen LogP contribution < -0.4 is 0 Å². The Balaban J connectivity index is 1.83. The van der Waals surface area contributed by atoms with E-state index in [0.29, 0.717) is 23.5 Å². The second-order valence-corrected chi connectivity index (χ2v) is 7.21. The molecule has 0 unspecified atom stereocenters. The van der Waals surface area contributed by atoms with E-state index in [1.165, 1.54) is 20.1 Å². The highest BCUT2D eigenvalue weighted by molar-refractivity contribution is 5.75. The van der Waals surface area contributed by atoms with E-state index in [1.54, 1.807) is 12.3 Å². The van der Waals surface area contributed by atoms with Gasteiger partial charge in [0, 0.05) is 24.9 Å². The molecule has 0 radical (unpaired) electrons. The van der Waals surface area contributed by atoms with Crippen molar-refractivity contribution in [3.05, 3.63) is 41.0 Å². The molecule has 0 spiro atoms. The molecule has 2 bridgehead atoms. The fourth-order valence-electron chi connectivity index (χ4n) is 3.75. The normalized spacial score (nSPS) is 22.0. The van der Waals surface area contributed by atoms with Crippen molar-refractivity contribution in [2.45, 2.75) is 37.3 Å². The van der Waals surface area contributed by atoms with Gasteiger partial charge >= 0.3 is 0 Å². The summed E-state index contributed by atoms with van der Waals surface area (Å²) < 4.78 is 21.5. The van der Waals surface area contributed by atoms with Crippen LogP contribution in [0.2, 0.25) is 0 Å². The van der Waals surface area contributed by atoms with Crippen molar-refractivity contribution in [2.75, 3.05) is 13.7 Å². The molecule has 5 nitrogen and oxygen atoms in total. The van der Waals surface area contributed by atoms with E-state index < -0.39 is 11.4 Å². The Morgan fingerprint density at radius 3 is 2.96 bits per heavy atom. The molecular weight excluding hydrogens is 335 g/mol. The summed E-state index contributed by atoms with van der Waals surface area (Å²) in [5.74, 6) is 5.95. The number of rotatable bonds is 3. The third-order valence-electron chi connectivity index (χ3n) is 5.09. The lowest BCUT2D eigenvalue weighted by atomic mass is 9.75. The Labute approximate surface area is 150 Å². The summed E-state index contributed by atoms with van der Waals surface area (Å²) in [6, 6.07) is 3.49. The van der Waals surface area contributed by atoms with Gasteiger partial charge in [0.05, 0.1) is 12.2 Å². The number of carbonyl (C=O) groups is 1. The van der Waals surface area contributed by atoms with E-state index in [4.69, 9.17) is 4.74 Å². The van der Waals surface area contributed by atoms with Crippen LogP contribution >= 0.6 is 0 Å². The second-order valence-electron chi connectivity index (χ2n) is 7.21. The number of aromatic nitrogens is 2. The van der Waals surface area contributed by atoms with Crippen molar-refractivity contribution in [3.63, 3.8) is 0 Å². The zero-order valence-corrected chi connectivity index (χ0v) is 14.6. The Kier molecular flexibility index (Phi) is 3.94. The lowest BCUT2D eigenvalue weighted by Crippen LogP contribution is -2.27. The summed E-state index contributed by atoms with van der Waals surface area (Å²) in [6.07, 6.45) is 4.32. The molecule has 5 rings (SSSR count). The van der Waals surface area contributed by atoms with Gasteiger partial charge < -0.3 is 14.4 Å². The first kappa shape index (κ1) is 17.0. The number of nitrogens with zero attached hydrogens (tertiary/aromatic N) is 2. The fraction of sp³-hybridized carbons (Fsp3) is 0.400. The van der Waals surface area contributed by atoms with Gasteiger partial charge in [0.2, 0.25) is 0 Å². The molecule has 1 aromatic heterocycles. The van der Waals surface area contributed by atoms with Gasteiger partial charge in [-0.05, 0) is 43.4 Å². The monoisotopic (exact) mass is 354 g/mol. The van der Waals surface area contributed by atoms with Gasteiger partial charge in [0.25, 0.3) is 0 Å². The molecule has 1 N–H and O–H groups in total. The standard InChI is InChI=1S/C20H19FN2O3/c1-20(25,11-26-2)4-3-12-7-17-16(8-18(12)21)13-5-15(6-13)23-9-14(10-24)22-19(17)23/h7-10,13,15,25H,5-6,11H2,1-2H3/t13?,15?,20-/m0/s1. The van der Waals surface area contributed by atoms with Gasteiger partial charge in [-0.15, -0.1) is 0 Å². The van der Waals surface area contributed by atoms with Crippen LogP contribution in [-0.4, -0.2) is 40.3 Å². The van der Waals surface area contributed by atoms with E-state index in [9.17, 15) is 14.3 Å². The Morgan fingerprint density at radius 2 is 2.27 bits per heavy atom. The summed E-state index contributed by atoms with van der Waals surface area (Å²) in [5, 5.41) is 10.1. The number of halogens is 1. The zero-order chi connectivity index (χ0) is 18.5. The smallest absolute Gasteiger partial charge is 0.170 e. The lowest BCUT2D eigenvalue weighted by Gasteiger charge is -2.34. The van der Waals surface area contributed by atoms with Crippen LogP contribution in [0.3, 0.4) is 0 Å². The predicted octanol–water partition coefficient (Wildman–Crippen LogP) is 2.68. The highest BCUT2D eigenvalue weighted by atomic mass is 19.1. The van der Waals surface area contributed by atoms with Crippen LogP contribution in [0.4, 0.5) is 4.39 Å². The van der Waals surface area contributed by atoms with Crippen molar-refractivity contribution in [1.82, 2.24) is 9.55 Å². The Bertz CT molecular complexity index is 946. The molecule has 0 saturated heterocycles. The molecule has 3 heterocycles. The molecule has 26 heavy (non-hydrogen) atoms. The molecule has 134 valence electrons. The van der Waals surface area contributed by atoms with Gasteiger partial charge in [0.15, 0.2) is 6.29 Å². The molecule has 2 aliphatic heterocycles. The quantitative estimate of drug-likeness (QED) is 0.680. The first-order chi connectivity index (χ1) is 12.4. The molecule has 1 aliphatic carbocycles. The minimum atomic E-state index is -1.36. The van der Waals surface area contributed by atoms with Crippen molar-refractivity contribution in [3.8, 4) is 23.2 Å². The van der Waals surface area contributed by atoms with Crippen LogP contribution in [0.1, 0.15) is 53.3 Å². The van der Waals surface area contributed by atoms with Gasteiger partial charge in [-0.3, -0.25) is 4.79 Å². The van der Waals surface area contributed by atoms with E-state index in [-0.39, 0.29) is 12.2 Å². The van der Waals surface area contributed by atoms with Crippen molar-refractivity contribution in [2.24, 2.45) is 0 Å². The van der Waals surface area contributed by atoms with Gasteiger partial charge in [-0.2, -0.15) is 0 Å². The van der Waals surface area contributed by atoms with Crippen molar-refractivity contribution < 1.29 is 19.0 Å². The topological polar surface area (TPSA) is 64.3 Å². The van der Waals surface area contributed by atoms with Gasteiger partial charge in [0.1, 0.15) is 22.9 Å². The zero-order valence-electron chi connectivity index (χ0n) is 14.6. The fourth-order valence-corrected chi connectivity index (χ4v) is 3.75. The van der Waals surface area contributed by atoms with Gasteiger partial charge in [-0.1, -0.05) is 11.8 Å². The first-order valence-electron chi connectivity index (χ1n) is 8.54. The molecule has 2 aromatic rings. The van der Waals surface area contributed by atoms with Crippen LogP contribution in [0, 0.1) is 17.7 Å². The maximum absolute atomic E-state index is 14.6. The van der Waals surface area contributed by atoms with Crippen LogP contribution in [0.25, 0.3) is 11.4 Å². The minimum absolute atomic E-state index is 0.0312. The minimum Gasteiger partial charge on any atom is -0.381 e. The highest BCUT2D eigenvalue weighted by Gasteiger charge is 2.39. The van der Waals surface area contributed by atoms with Crippen LogP contribution in [0.5, 0.6) is 0 Å². The number of imidazole rings is 1. The predicted molar refractivity (Wildman–Crippen MR) is 93.4 cm³/mol. The van der Waals surface area contributed by atoms with E-state index in [2.05, 4.69) is 16.8 Å². The summed E-state index contributed by atoms with van der Waals surface area (Å²) >= 11 is 0. The molecule has 6 heteroatoms. The van der Waals surface area contributed by atoms with Crippen LogP contribution in [0.15, 0.2) is 18.3 Å². The number of hydrogen-bond donors (Lipinski definition) is 1. The number of ether oxygens (including phenoxy) is 1. The second kappa shape index (κ2) is 6.04. The Hall–Kier alpha value is -2.49. The summed E-state index contributed by atoms with van der Waals surface area (Å²) in [4.78, 5) is 15.6. The number of hydrogen-bond acceptors (Lipinski definition) is 4. The molecule has 1 atom stereocenters. The van der Waals surface area contributed by atoms with Crippen molar-refractivity contribution in [1.29, 1.82) is 0 Å². The van der Waals surface area contributed by atoms with Gasteiger partial charge in [-0.25, -0.2) is 9.37 Å². The average Bonchev–Trinajstić information content (AvgIpc) is 2.88. The molecule has 1 aromatic carbocycles. The average molecular weight is 354 g/mol. The highest BCUT2D eigenvalue weighted by Crippen LogP contribution is 2.52. The number of aldehydes is 1. The number of methoxy groups -OCH3 is 1. The summed E-state index contributed by atoms with van der Waals surface area (Å²) in [6.45, 7) is 1.55. The van der Waals surface area contributed by atoms with E-state index in [1.807, 2.05) is 4.57 Å². The van der Waals surface area contributed by atoms with E-state index in [0.717, 1.165) is 30.3 Å². The molecule has 0 amide bonds. The number of benzene rings is 1. The lowest BCUT2D eigenvalue weighted by molar-refractivity contribution is 0.0274. The molecule has 3 aliphatic rings. The molecule has 1 saturated carbocycles. The third kappa shape index (κ3) is 2.74. The molecule has 1 fully saturated rings. The first-order valence-corrected chi connectivity index (χ1v) is 8.54. The van der Waals surface area contributed by atoms with Crippen molar-refractivity contribution >= 4 is 6.29 Å². The SMILES string of the molecule is COC[C@@](C)(O)C#Cc1cc2c(cc1F)C1CC(C1)n1cc(C=O)nc1-2. The largest absolute Gasteiger partial charge is 0.381 e. The molecular formula is C20H19FN2O3. The number of aliphatic hydroxyl groups is 1.